The maximum atomic E-state index is 12.6. The van der Waals surface area contributed by atoms with E-state index in [0.29, 0.717) is 6.42 Å². The molecule has 19 heavy (non-hydrogen) atoms. The summed E-state index contributed by atoms with van der Waals surface area (Å²) < 4.78 is 5.48. The highest BCUT2D eigenvalue weighted by molar-refractivity contribution is 5.97. The predicted octanol–water partition coefficient (Wildman–Crippen LogP) is 1.07. The van der Waals surface area contributed by atoms with Crippen LogP contribution in [-0.4, -0.2) is 48.1 Å². The lowest BCUT2D eigenvalue weighted by atomic mass is 10.0. The normalized spacial score (nSPS) is 35.6. The fraction of sp³-hybridized carbons (Fsp3) is 0.857. The number of methoxy groups -OCH3 is 1. The van der Waals surface area contributed by atoms with Crippen molar-refractivity contribution in [3.8, 4) is 0 Å². The molecule has 2 amide bonds. The van der Waals surface area contributed by atoms with E-state index in [9.17, 15) is 9.59 Å². The van der Waals surface area contributed by atoms with Crippen molar-refractivity contribution in [3.05, 3.63) is 0 Å². The minimum atomic E-state index is -0.388. The van der Waals surface area contributed by atoms with E-state index in [4.69, 9.17) is 4.74 Å². The number of rotatable bonds is 4. The molecule has 0 aromatic carbocycles. The molecule has 5 nitrogen and oxygen atoms in total. The van der Waals surface area contributed by atoms with Gasteiger partial charge in [0.25, 0.3) is 0 Å². The predicted molar refractivity (Wildman–Crippen MR) is 71.6 cm³/mol. The molecule has 4 atom stereocenters. The van der Waals surface area contributed by atoms with Crippen LogP contribution in [0.5, 0.6) is 0 Å². The SMILES string of the molecule is CCCC1NC(=O)C(C)N(C2CCCC2OC)C1=O. The second-order valence-corrected chi connectivity index (χ2v) is 5.54. The van der Waals surface area contributed by atoms with Gasteiger partial charge in [-0.15, -0.1) is 0 Å². The molecule has 1 aliphatic carbocycles. The van der Waals surface area contributed by atoms with Gasteiger partial charge in [0.2, 0.25) is 11.8 Å². The number of nitrogens with one attached hydrogen (secondary N) is 1. The number of ether oxygens (including phenoxy) is 1. The maximum absolute atomic E-state index is 12.6. The largest absolute Gasteiger partial charge is 0.379 e. The van der Waals surface area contributed by atoms with E-state index >= 15 is 0 Å². The second kappa shape index (κ2) is 5.90. The molecule has 2 aliphatic rings. The number of hydrogen-bond donors (Lipinski definition) is 1. The van der Waals surface area contributed by atoms with Crippen molar-refractivity contribution < 1.29 is 14.3 Å². The number of amides is 2. The van der Waals surface area contributed by atoms with E-state index in [1.807, 2.05) is 6.92 Å². The summed E-state index contributed by atoms with van der Waals surface area (Å²) in [6.07, 6.45) is 4.62. The van der Waals surface area contributed by atoms with Crippen LogP contribution in [0.1, 0.15) is 46.0 Å². The Bertz CT molecular complexity index is 359. The standard InChI is InChI=1S/C14H24N2O3/c1-4-6-10-14(18)16(9(2)13(17)15-10)11-7-5-8-12(11)19-3/h9-12H,4-8H2,1-3H3,(H,15,17). The Kier molecular flexibility index (Phi) is 4.45. The van der Waals surface area contributed by atoms with Crippen LogP contribution in [0.4, 0.5) is 0 Å². The molecule has 0 aromatic rings. The zero-order valence-electron chi connectivity index (χ0n) is 12.0. The minimum Gasteiger partial charge on any atom is -0.379 e. The lowest BCUT2D eigenvalue weighted by Gasteiger charge is -2.42. The van der Waals surface area contributed by atoms with Gasteiger partial charge >= 0.3 is 0 Å². The topological polar surface area (TPSA) is 58.6 Å². The number of piperazine rings is 1. The summed E-state index contributed by atoms with van der Waals surface area (Å²) >= 11 is 0. The number of hydrogen-bond acceptors (Lipinski definition) is 3. The van der Waals surface area contributed by atoms with Gasteiger partial charge in [0, 0.05) is 7.11 Å². The van der Waals surface area contributed by atoms with E-state index in [1.165, 1.54) is 0 Å². The Morgan fingerprint density at radius 3 is 2.74 bits per heavy atom. The van der Waals surface area contributed by atoms with E-state index in [2.05, 4.69) is 5.32 Å². The third-order valence-corrected chi connectivity index (χ3v) is 4.32. The molecule has 0 bridgehead atoms. The third-order valence-electron chi connectivity index (χ3n) is 4.32. The summed E-state index contributed by atoms with van der Waals surface area (Å²) in [5, 5.41) is 2.83. The molecular weight excluding hydrogens is 244 g/mol. The monoisotopic (exact) mass is 268 g/mol. The highest BCUT2D eigenvalue weighted by atomic mass is 16.5. The molecule has 4 unspecified atom stereocenters. The molecular formula is C14H24N2O3. The van der Waals surface area contributed by atoms with Gasteiger partial charge in [0.1, 0.15) is 12.1 Å². The van der Waals surface area contributed by atoms with Crippen LogP contribution in [0, 0.1) is 0 Å². The Hall–Kier alpha value is -1.10. The summed E-state index contributed by atoms with van der Waals surface area (Å²) in [6.45, 7) is 3.83. The summed E-state index contributed by atoms with van der Waals surface area (Å²) in [6, 6.07) is -0.689. The molecule has 0 spiro atoms. The van der Waals surface area contributed by atoms with Gasteiger partial charge in [-0.2, -0.15) is 0 Å². The van der Waals surface area contributed by atoms with Gasteiger partial charge in [-0.25, -0.2) is 0 Å². The van der Waals surface area contributed by atoms with Crippen LogP contribution in [0.2, 0.25) is 0 Å². The van der Waals surface area contributed by atoms with Crippen molar-refractivity contribution >= 4 is 11.8 Å². The van der Waals surface area contributed by atoms with Gasteiger partial charge in [-0.3, -0.25) is 9.59 Å². The Balaban J connectivity index is 2.19. The quantitative estimate of drug-likeness (QED) is 0.829. The summed E-state index contributed by atoms with van der Waals surface area (Å²) in [7, 11) is 1.69. The molecule has 1 heterocycles. The molecule has 5 heteroatoms. The van der Waals surface area contributed by atoms with Gasteiger partial charge in [0.15, 0.2) is 0 Å². The van der Waals surface area contributed by atoms with Crippen LogP contribution in [0.3, 0.4) is 0 Å². The lowest BCUT2D eigenvalue weighted by Crippen LogP contribution is -2.65. The van der Waals surface area contributed by atoms with E-state index in [-0.39, 0.29) is 36.0 Å². The molecule has 1 aliphatic heterocycles. The first-order chi connectivity index (χ1) is 9.10. The Morgan fingerprint density at radius 2 is 2.11 bits per heavy atom. The zero-order chi connectivity index (χ0) is 14.0. The fourth-order valence-electron chi connectivity index (χ4n) is 3.29. The van der Waals surface area contributed by atoms with Crippen molar-refractivity contribution in [2.75, 3.05) is 7.11 Å². The summed E-state index contributed by atoms with van der Waals surface area (Å²) in [5.41, 5.74) is 0. The first-order valence-electron chi connectivity index (χ1n) is 7.25. The molecule has 0 aromatic heterocycles. The van der Waals surface area contributed by atoms with Gasteiger partial charge in [0.05, 0.1) is 12.1 Å². The van der Waals surface area contributed by atoms with Crippen LogP contribution < -0.4 is 5.32 Å². The fourth-order valence-corrected chi connectivity index (χ4v) is 3.29. The highest BCUT2D eigenvalue weighted by Crippen LogP contribution is 2.30. The second-order valence-electron chi connectivity index (χ2n) is 5.54. The molecule has 2 fully saturated rings. The first-order valence-corrected chi connectivity index (χ1v) is 7.25. The summed E-state index contributed by atoms with van der Waals surface area (Å²) in [4.78, 5) is 26.4. The lowest BCUT2D eigenvalue weighted by molar-refractivity contribution is -0.154. The van der Waals surface area contributed by atoms with E-state index in [0.717, 1.165) is 25.7 Å². The van der Waals surface area contributed by atoms with E-state index < -0.39 is 0 Å². The molecule has 2 rings (SSSR count). The molecule has 0 radical (unpaired) electrons. The molecule has 108 valence electrons. The van der Waals surface area contributed by atoms with Crippen molar-refractivity contribution in [3.63, 3.8) is 0 Å². The first kappa shape index (κ1) is 14.3. The Morgan fingerprint density at radius 1 is 1.37 bits per heavy atom. The minimum absolute atomic E-state index is 0.0418. The van der Waals surface area contributed by atoms with Crippen molar-refractivity contribution in [1.29, 1.82) is 0 Å². The van der Waals surface area contributed by atoms with Crippen LogP contribution in [0.15, 0.2) is 0 Å². The third kappa shape index (κ3) is 2.61. The van der Waals surface area contributed by atoms with Gasteiger partial charge < -0.3 is 15.0 Å². The van der Waals surface area contributed by atoms with Gasteiger partial charge in [-0.1, -0.05) is 13.3 Å². The van der Waals surface area contributed by atoms with E-state index in [1.54, 1.807) is 18.9 Å². The smallest absolute Gasteiger partial charge is 0.246 e. The Labute approximate surface area is 114 Å². The molecule has 1 saturated carbocycles. The number of nitrogens with zero attached hydrogens (tertiary/aromatic N) is 1. The van der Waals surface area contributed by atoms with Gasteiger partial charge in [-0.05, 0) is 32.6 Å². The number of carbonyl (C=O) groups is 2. The van der Waals surface area contributed by atoms with Crippen LogP contribution in [-0.2, 0) is 14.3 Å². The average Bonchev–Trinajstić information content (AvgIpc) is 2.85. The van der Waals surface area contributed by atoms with Crippen molar-refractivity contribution in [1.82, 2.24) is 10.2 Å². The zero-order valence-corrected chi connectivity index (χ0v) is 12.0. The highest BCUT2D eigenvalue weighted by Gasteiger charge is 2.44. The number of carbonyl (C=O) groups excluding carboxylic acids is 2. The summed E-state index contributed by atoms with van der Waals surface area (Å²) in [5.74, 6) is 0.0164. The average molecular weight is 268 g/mol. The van der Waals surface area contributed by atoms with Crippen molar-refractivity contribution in [2.45, 2.75) is 70.2 Å². The maximum Gasteiger partial charge on any atom is 0.246 e. The van der Waals surface area contributed by atoms with Crippen molar-refractivity contribution in [2.24, 2.45) is 0 Å². The van der Waals surface area contributed by atoms with Crippen LogP contribution >= 0.6 is 0 Å². The molecule has 1 saturated heterocycles. The molecule has 1 N–H and O–H groups in total. The van der Waals surface area contributed by atoms with Crippen LogP contribution in [0.25, 0.3) is 0 Å².